The van der Waals surface area contributed by atoms with E-state index in [0.29, 0.717) is 13.1 Å². The van der Waals surface area contributed by atoms with Crippen LogP contribution in [-0.2, 0) is 22.6 Å². The average molecular weight is 379 g/mol. The van der Waals surface area contributed by atoms with Gasteiger partial charge in [0.15, 0.2) is 0 Å². The molecule has 0 saturated carbocycles. The van der Waals surface area contributed by atoms with E-state index in [0.717, 1.165) is 27.2 Å². The van der Waals surface area contributed by atoms with Gasteiger partial charge in [0, 0.05) is 13.5 Å². The van der Waals surface area contributed by atoms with Crippen molar-refractivity contribution < 1.29 is 9.59 Å². The van der Waals surface area contributed by atoms with Crippen molar-refractivity contribution in [1.29, 1.82) is 0 Å². The van der Waals surface area contributed by atoms with Crippen molar-refractivity contribution in [3.63, 3.8) is 0 Å². The topological polar surface area (TPSA) is 62.3 Å². The van der Waals surface area contributed by atoms with Gasteiger partial charge in [-0.15, -0.1) is 11.3 Å². The molecule has 1 atom stereocenters. The molecule has 0 saturated heterocycles. The smallest absolute Gasteiger partial charge is 0.222 e. The van der Waals surface area contributed by atoms with Crippen molar-refractivity contribution in [1.82, 2.24) is 15.2 Å². The van der Waals surface area contributed by atoms with Crippen LogP contribution in [0.5, 0.6) is 0 Å². The number of nitrogens with one attached hydrogen (secondary N) is 1. The maximum Gasteiger partial charge on any atom is 0.222 e. The molecule has 1 unspecified atom stereocenters. The summed E-state index contributed by atoms with van der Waals surface area (Å²) in [5, 5.41) is 3.85. The van der Waals surface area contributed by atoms with Gasteiger partial charge >= 0.3 is 0 Å². The van der Waals surface area contributed by atoms with Crippen LogP contribution in [0.4, 0.5) is 0 Å². The summed E-state index contributed by atoms with van der Waals surface area (Å²) in [6.07, 6.45) is 1.10. The summed E-state index contributed by atoms with van der Waals surface area (Å²) >= 11 is 1.59. The number of thiazole rings is 1. The van der Waals surface area contributed by atoms with Gasteiger partial charge in [0.05, 0.1) is 29.2 Å². The second kappa shape index (κ2) is 7.48. The molecule has 2 aromatic carbocycles. The molecule has 0 bridgehead atoms. The van der Waals surface area contributed by atoms with Crippen molar-refractivity contribution in [2.75, 3.05) is 6.54 Å². The molecular weight excluding hydrogens is 358 g/mol. The van der Waals surface area contributed by atoms with Gasteiger partial charge in [0.25, 0.3) is 0 Å². The van der Waals surface area contributed by atoms with Crippen LogP contribution < -0.4 is 5.32 Å². The van der Waals surface area contributed by atoms with Gasteiger partial charge in [-0.1, -0.05) is 36.4 Å². The van der Waals surface area contributed by atoms with Crippen molar-refractivity contribution in [2.24, 2.45) is 0 Å². The first-order valence-electron chi connectivity index (χ1n) is 9.08. The van der Waals surface area contributed by atoms with E-state index in [1.165, 1.54) is 5.56 Å². The second-order valence-electron chi connectivity index (χ2n) is 6.73. The summed E-state index contributed by atoms with van der Waals surface area (Å²) in [6.45, 7) is 2.63. The quantitative estimate of drug-likeness (QED) is 0.755. The van der Waals surface area contributed by atoms with Crippen LogP contribution >= 0.6 is 11.3 Å². The molecular formula is C21H21N3O2S. The molecule has 1 aliphatic rings. The number of hydrogen-bond donors (Lipinski definition) is 1. The van der Waals surface area contributed by atoms with E-state index in [-0.39, 0.29) is 24.3 Å². The molecule has 0 radical (unpaired) electrons. The lowest BCUT2D eigenvalue weighted by molar-refractivity contribution is -0.133. The minimum atomic E-state index is -0.206. The van der Waals surface area contributed by atoms with Gasteiger partial charge in [-0.3, -0.25) is 9.59 Å². The highest BCUT2D eigenvalue weighted by Crippen LogP contribution is 2.32. The number of aromatic nitrogens is 1. The largest absolute Gasteiger partial charge is 0.350 e. The molecule has 5 nitrogen and oxygen atoms in total. The lowest BCUT2D eigenvalue weighted by Gasteiger charge is -2.36. The first-order chi connectivity index (χ1) is 13.1. The zero-order valence-corrected chi connectivity index (χ0v) is 16.0. The Balaban J connectivity index is 1.46. The van der Waals surface area contributed by atoms with Crippen LogP contribution in [0.2, 0.25) is 0 Å². The number of benzene rings is 2. The van der Waals surface area contributed by atoms with Crippen molar-refractivity contribution in [2.45, 2.75) is 32.4 Å². The fraction of sp³-hybridized carbons (Fsp3) is 0.286. The number of hydrogen-bond acceptors (Lipinski definition) is 4. The van der Waals surface area contributed by atoms with Crippen molar-refractivity contribution in [3.8, 4) is 0 Å². The summed E-state index contributed by atoms with van der Waals surface area (Å²) in [5.74, 6) is -0.0596. The Labute approximate surface area is 162 Å². The van der Waals surface area contributed by atoms with Crippen LogP contribution in [-0.4, -0.2) is 28.2 Å². The predicted octanol–water partition coefficient (Wildman–Crippen LogP) is 3.45. The van der Waals surface area contributed by atoms with Crippen LogP contribution in [0.15, 0.2) is 48.5 Å². The molecule has 27 heavy (non-hydrogen) atoms. The van der Waals surface area contributed by atoms with Gasteiger partial charge in [0.2, 0.25) is 11.8 Å². The predicted molar refractivity (Wildman–Crippen MR) is 106 cm³/mol. The molecule has 1 aromatic heterocycles. The van der Waals surface area contributed by atoms with E-state index in [2.05, 4.69) is 16.4 Å². The molecule has 2 amide bonds. The van der Waals surface area contributed by atoms with Crippen LogP contribution in [0.1, 0.15) is 35.5 Å². The molecule has 138 valence electrons. The maximum atomic E-state index is 12.6. The van der Waals surface area contributed by atoms with E-state index in [4.69, 9.17) is 0 Å². The Morgan fingerprint density at radius 3 is 2.78 bits per heavy atom. The summed E-state index contributed by atoms with van der Waals surface area (Å²) < 4.78 is 1.12. The third kappa shape index (κ3) is 3.71. The molecule has 0 fully saturated rings. The standard InChI is InChI=1S/C21H21N3O2S/c1-14(25)24-11-10-15-6-2-3-7-16(15)18(24)12-20(26)22-13-21-23-17-8-4-5-9-19(17)27-21/h2-9,18H,10-13H2,1H3,(H,22,26). The van der Waals surface area contributed by atoms with Gasteiger partial charge in [-0.2, -0.15) is 0 Å². The number of fused-ring (bicyclic) bond motifs is 2. The Hall–Kier alpha value is -2.73. The monoisotopic (exact) mass is 379 g/mol. The normalized spacial score (nSPS) is 16.2. The highest BCUT2D eigenvalue weighted by molar-refractivity contribution is 7.18. The fourth-order valence-corrected chi connectivity index (χ4v) is 4.57. The van der Waals surface area contributed by atoms with Gasteiger partial charge in [0.1, 0.15) is 5.01 Å². The van der Waals surface area contributed by atoms with Gasteiger partial charge < -0.3 is 10.2 Å². The van der Waals surface area contributed by atoms with E-state index < -0.39 is 0 Å². The Morgan fingerprint density at radius 2 is 1.96 bits per heavy atom. The highest BCUT2D eigenvalue weighted by Gasteiger charge is 2.30. The molecule has 4 rings (SSSR count). The fourth-order valence-electron chi connectivity index (χ4n) is 3.67. The van der Waals surface area contributed by atoms with Crippen LogP contribution in [0, 0.1) is 0 Å². The minimum absolute atomic E-state index is 0.00785. The Morgan fingerprint density at radius 1 is 1.19 bits per heavy atom. The maximum absolute atomic E-state index is 12.6. The SMILES string of the molecule is CC(=O)N1CCc2ccccc2C1CC(=O)NCc1nc2ccccc2s1. The number of rotatable bonds is 4. The minimum Gasteiger partial charge on any atom is -0.350 e. The zero-order valence-electron chi connectivity index (χ0n) is 15.1. The number of amides is 2. The number of carbonyl (C=O) groups is 2. The summed E-state index contributed by atoms with van der Waals surface area (Å²) in [7, 11) is 0. The number of carbonyl (C=O) groups excluding carboxylic acids is 2. The second-order valence-corrected chi connectivity index (χ2v) is 7.85. The zero-order chi connectivity index (χ0) is 18.8. The molecule has 0 aliphatic carbocycles. The lowest BCUT2D eigenvalue weighted by Crippen LogP contribution is -2.41. The first kappa shape index (κ1) is 17.7. The third-order valence-electron chi connectivity index (χ3n) is 4.97. The summed E-state index contributed by atoms with van der Waals surface area (Å²) in [4.78, 5) is 31.0. The Kier molecular flexibility index (Phi) is 4.90. The molecule has 1 aliphatic heterocycles. The first-order valence-corrected chi connectivity index (χ1v) is 9.89. The number of nitrogens with zero attached hydrogens (tertiary/aromatic N) is 2. The van der Waals surface area contributed by atoms with Crippen molar-refractivity contribution in [3.05, 3.63) is 64.7 Å². The van der Waals surface area contributed by atoms with E-state index in [9.17, 15) is 9.59 Å². The Bertz CT molecular complexity index is 965. The van der Waals surface area contributed by atoms with Gasteiger partial charge in [-0.05, 0) is 29.7 Å². The lowest BCUT2D eigenvalue weighted by atomic mass is 9.90. The average Bonchev–Trinajstić information content (AvgIpc) is 3.09. The van der Waals surface area contributed by atoms with E-state index in [1.807, 2.05) is 42.5 Å². The molecule has 3 aromatic rings. The highest BCUT2D eigenvalue weighted by atomic mass is 32.1. The number of para-hydroxylation sites is 1. The van der Waals surface area contributed by atoms with E-state index in [1.54, 1.807) is 23.2 Å². The van der Waals surface area contributed by atoms with Crippen LogP contribution in [0.3, 0.4) is 0 Å². The van der Waals surface area contributed by atoms with Crippen LogP contribution in [0.25, 0.3) is 10.2 Å². The molecule has 1 N–H and O–H groups in total. The van der Waals surface area contributed by atoms with E-state index >= 15 is 0 Å². The third-order valence-corrected chi connectivity index (χ3v) is 6.01. The summed E-state index contributed by atoms with van der Waals surface area (Å²) in [5.41, 5.74) is 3.25. The van der Waals surface area contributed by atoms with Crippen molar-refractivity contribution >= 4 is 33.4 Å². The summed E-state index contributed by atoms with van der Waals surface area (Å²) in [6, 6.07) is 15.8. The molecule has 6 heteroatoms. The molecule has 2 heterocycles. The molecule has 0 spiro atoms. The van der Waals surface area contributed by atoms with Gasteiger partial charge in [-0.25, -0.2) is 4.98 Å².